The van der Waals surface area contributed by atoms with Crippen LogP contribution in [0.4, 0.5) is 0 Å². The molecule has 7 heteroatoms. The maximum Gasteiger partial charge on any atom is 0.304 e. The Morgan fingerprint density at radius 2 is 2.06 bits per heavy atom. The first kappa shape index (κ1) is 15.1. The monoisotopic (exact) mass is 335 g/mol. The van der Waals surface area contributed by atoms with Gasteiger partial charge in [-0.25, -0.2) is 13.1 Å². The first-order chi connectivity index (χ1) is 8.32. The van der Waals surface area contributed by atoms with E-state index < -0.39 is 34.2 Å². The highest BCUT2D eigenvalue weighted by molar-refractivity contribution is 9.10. The maximum atomic E-state index is 11.6. The van der Waals surface area contributed by atoms with Crippen LogP contribution in [0, 0.1) is 0 Å². The van der Waals surface area contributed by atoms with E-state index in [0.717, 1.165) is 10.0 Å². The number of sulfonamides is 1. The summed E-state index contributed by atoms with van der Waals surface area (Å²) in [5.74, 6) is -1.55. The summed E-state index contributed by atoms with van der Waals surface area (Å²) in [7, 11) is -3.59. The summed E-state index contributed by atoms with van der Waals surface area (Å²) in [5, 5.41) is 8.47. The van der Waals surface area contributed by atoms with Crippen molar-refractivity contribution < 1.29 is 18.3 Å². The number of rotatable bonds is 6. The zero-order valence-electron chi connectivity index (χ0n) is 9.76. The molecule has 1 aromatic rings. The molecule has 0 aliphatic rings. The number of nitrogens with one attached hydrogen (secondary N) is 1. The van der Waals surface area contributed by atoms with Crippen molar-refractivity contribution in [1.29, 1.82) is 0 Å². The van der Waals surface area contributed by atoms with E-state index in [2.05, 4.69) is 20.7 Å². The van der Waals surface area contributed by atoms with Crippen LogP contribution in [0.15, 0.2) is 28.7 Å². The van der Waals surface area contributed by atoms with Crippen molar-refractivity contribution >= 4 is 31.9 Å². The van der Waals surface area contributed by atoms with Crippen molar-refractivity contribution in [2.75, 3.05) is 5.75 Å². The van der Waals surface area contributed by atoms with Crippen molar-refractivity contribution in [2.45, 2.75) is 19.4 Å². The number of carbonyl (C=O) groups is 1. The Labute approximate surface area is 114 Å². The average molecular weight is 336 g/mol. The molecule has 1 rings (SSSR count). The fraction of sp³-hybridized carbons (Fsp3) is 0.364. The van der Waals surface area contributed by atoms with Crippen molar-refractivity contribution in [2.24, 2.45) is 0 Å². The van der Waals surface area contributed by atoms with Gasteiger partial charge >= 0.3 is 5.97 Å². The van der Waals surface area contributed by atoms with Crippen LogP contribution in [0.3, 0.4) is 0 Å². The second-order valence-electron chi connectivity index (χ2n) is 3.82. The third-order valence-electron chi connectivity index (χ3n) is 2.31. The number of hydrogen-bond donors (Lipinski definition) is 2. The highest BCUT2D eigenvalue weighted by Gasteiger charge is 2.18. The van der Waals surface area contributed by atoms with Gasteiger partial charge in [-0.15, -0.1) is 0 Å². The molecule has 0 heterocycles. The van der Waals surface area contributed by atoms with Crippen LogP contribution in [-0.4, -0.2) is 25.2 Å². The minimum Gasteiger partial charge on any atom is -0.481 e. The minimum absolute atomic E-state index is 0.405. The number of hydrogen-bond acceptors (Lipinski definition) is 3. The van der Waals surface area contributed by atoms with Crippen LogP contribution in [0.25, 0.3) is 0 Å². The molecule has 0 fully saturated rings. The van der Waals surface area contributed by atoms with Gasteiger partial charge in [-0.2, -0.15) is 0 Å². The van der Waals surface area contributed by atoms with Crippen molar-refractivity contribution in [3.05, 3.63) is 34.3 Å². The molecule has 2 N–H and O–H groups in total. The van der Waals surface area contributed by atoms with Crippen molar-refractivity contribution in [1.82, 2.24) is 4.72 Å². The first-order valence-corrected chi connectivity index (χ1v) is 7.72. The van der Waals surface area contributed by atoms with Crippen LogP contribution >= 0.6 is 15.9 Å². The fourth-order valence-electron chi connectivity index (χ4n) is 1.44. The Kier molecular flexibility index (Phi) is 5.30. The molecule has 100 valence electrons. The molecule has 0 aliphatic carbocycles. The zero-order chi connectivity index (χ0) is 13.8. The quantitative estimate of drug-likeness (QED) is 0.831. The molecule has 0 bridgehead atoms. The Bertz CT molecular complexity index is 530. The second-order valence-corrected chi connectivity index (χ2v) is 6.55. The van der Waals surface area contributed by atoms with E-state index in [1.165, 1.54) is 0 Å². The third kappa shape index (κ3) is 4.75. The van der Waals surface area contributed by atoms with E-state index in [-0.39, 0.29) is 0 Å². The molecule has 0 amide bonds. The predicted octanol–water partition coefficient (Wildman–Crippen LogP) is 1.90. The first-order valence-electron chi connectivity index (χ1n) is 5.28. The topological polar surface area (TPSA) is 83.5 Å². The zero-order valence-corrected chi connectivity index (χ0v) is 12.2. The molecule has 0 radical (unpaired) electrons. The van der Waals surface area contributed by atoms with Gasteiger partial charge in [-0.1, -0.05) is 34.1 Å². The van der Waals surface area contributed by atoms with Crippen LogP contribution in [0.1, 0.15) is 24.9 Å². The Morgan fingerprint density at radius 1 is 1.44 bits per heavy atom. The molecule has 0 unspecified atom stereocenters. The molecule has 0 saturated carbocycles. The number of carboxylic acids is 1. The molecule has 0 aromatic heterocycles. The van der Waals surface area contributed by atoms with Gasteiger partial charge in [0.05, 0.1) is 12.2 Å². The third-order valence-corrected chi connectivity index (χ3v) is 4.49. The predicted molar refractivity (Wildman–Crippen MR) is 71.7 cm³/mol. The summed E-state index contributed by atoms with van der Waals surface area (Å²) in [6, 6.07) is 6.84. The molecule has 1 atom stereocenters. The highest BCUT2D eigenvalue weighted by Crippen LogP contribution is 2.23. The molecule has 0 saturated heterocycles. The molecular formula is C11H14BrNO4S. The maximum absolute atomic E-state index is 11.6. The largest absolute Gasteiger partial charge is 0.481 e. The summed E-state index contributed by atoms with van der Waals surface area (Å²) in [6.45, 7) is 1.71. The second kappa shape index (κ2) is 6.31. The van der Waals surface area contributed by atoms with Crippen LogP contribution in [-0.2, 0) is 14.8 Å². The molecule has 18 heavy (non-hydrogen) atoms. The Balaban J connectivity index is 2.73. The molecular weight excluding hydrogens is 322 g/mol. The summed E-state index contributed by atoms with van der Waals surface area (Å²) in [6.07, 6.45) is -0.405. The normalized spacial score (nSPS) is 13.2. The Morgan fingerprint density at radius 3 is 2.61 bits per heavy atom. The van der Waals surface area contributed by atoms with E-state index >= 15 is 0 Å². The SMILES string of the molecule is C[C@@H](NS(=O)(=O)CCC(=O)O)c1ccccc1Br. The van der Waals surface area contributed by atoms with E-state index in [9.17, 15) is 13.2 Å². The number of benzene rings is 1. The van der Waals surface area contributed by atoms with E-state index in [4.69, 9.17) is 5.11 Å². The minimum atomic E-state index is -3.59. The van der Waals surface area contributed by atoms with Gasteiger partial charge in [0, 0.05) is 10.5 Å². The molecule has 1 aromatic carbocycles. The van der Waals surface area contributed by atoms with Crippen LogP contribution in [0.5, 0.6) is 0 Å². The van der Waals surface area contributed by atoms with Gasteiger partial charge in [-0.3, -0.25) is 4.79 Å². The molecule has 0 spiro atoms. The molecule has 0 aliphatic heterocycles. The standard InChI is InChI=1S/C11H14BrNO4S/c1-8(9-4-2-3-5-10(9)12)13-18(16,17)7-6-11(14)15/h2-5,8,13H,6-7H2,1H3,(H,14,15)/t8-/m1/s1. The smallest absolute Gasteiger partial charge is 0.304 e. The van der Waals surface area contributed by atoms with E-state index in [0.29, 0.717) is 0 Å². The van der Waals surface area contributed by atoms with Gasteiger partial charge in [0.1, 0.15) is 0 Å². The highest BCUT2D eigenvalue weighted by atomic mass is 79.9. The van der Waals surface area contributed by atoms with E-state index in [1.807, 2.05) is 18.2 Å². The Hall–Kier alpha value is -0.920. The fourth-order valence-corrected chi connectivity index (χ4v) is 3.29. The summed E-state index contributed by atoms with van der Waals surface area (Å²) < 4.78 is 26.5. The summed E-state index contributed by atoms with van der Waals surface area (Å²) in [4.78, 5) is 10.4. The lowest BCUT2D eigenvalue weighted by Gasteiger charge is -2.15. The van der Waals surface area contributed by atoms with Gasteiger partial charge in [-0.05, 0) is 18.6 Å². The summed E-state index contributed by atoms with van der Waals surface area (Å²) >= 11 is 3.34. The summed E-state index contributed by atoms with van der Waals surface area (Å²) in [5.41, 5.74) is 0.802. The number of carboxylic acid groups (broad SMARTS) is 1. The van der Waals surface area contributed by atoms with Crippen LogP contribution in [0.2, 0.25) is 0 Å². The molecule has 5 nitrogen and oxygen atoms in total. The van der Waals surface area contributed by atoms with Gasteiger partial charge < -0.3 is 5.11 Å². The van der Waals surface area contributed by atoms with Crippen molar-refractivity contribution in [3.8, 4) is 0 Å². The lowest BCUT2D eigenvalue weighted by atomic mass is 10.1. The van der Waals surface area contributed by atoms with E-state index in [1.54, 1.807) is 13.0 Å². The number of halogens is 1. The van der Waals surface area contributed by atoms with Crippen molar-refractivity contribution in [3.63, 3.8) is 0 Å². The van der Waals surface area contributed by atoms with Crippen LogP contribution < -0.4 is 4.72 Å². The average Bonchev–Trinajstić information content (AvgIpc) is 2.26. The van der Waals surface area contributed by atoms with Gasteiger partial charge in [0.15, 0.2) is 0 Å². The van der Waals surface area contributed by atoms with Gasteiger partial charge in [0.2, 0.25) is 10.0 Å². The lowest BCUT2D eigenvalue weighted by molar-refractivity contribution is -0.136. The number of aliphatic carboxylic acids is 1. The van der Waals surface area contributed by atoms with Gasteiger partial charge in [0.25, 0.3) is 0 Å². The lowest BCUT2D eigenvalue weighted by Crippen LogP contribution is -2.30.